The van der Waals surface area contributed by atoms with E-state index in [0.717, 1.165) is 10.9 Å². The zero-order valence-electron chi connectivity index (χ0n) is 17.6. The van der Waals surface area contributed by atoms with Crippen LogP contribution < -0.4 is 10.6 Å². The van der Waals surface area contributed by atoms with Crippen LogP contribution in [0.5, 0.6) is 0 Å². The predicted molar refractivity (Wildman–Crippen MR) is 127 cm³/mol. The van der Waals surface area contributed by atoms with Gasteiger partial charge in [0.25, 0.3) is 0 Å². The van der Waals surface area contributed by atoms with Gasteiger partial charge in [-0.2, -0.15) is 18.4 Å². The number of hydrogen-bond donors (Lipinski definition) is 3. The summed E-state index contributed by atoms with van der Waals surface area (Å²) in [6.45, 7) is -1.47. The summed E-state index contributed by atoms with van der Waals surface area (Å²) in [6.07, 6.45) is -2.86. The van der Waals surface area contributed by atoms with Crippen molar-refractivity contribution in [1.29, 1.82) is 5.26 Å². The minimum Gasteiger partial charge on any atom is -0.360 e. The predicted octanol–water partition coefficient (Wildman–Crippen LogP) is 5.69. The van der Waals surface area contributed by atoms with E-state index in [-0.39, 0.29) is 21.5 Å². The first-order valence-electron chi connectivity index (χ1n) is 10.3. The lowest BCUT2D eigenvalue weighted by Crippen LogP contribution is -2.43. The number of para-hydroxylation sites is 1. The van der Waals surface area contributed by atoms with Crippen LogP contribution in [-0.2, 0) is 4.79 Å². The van der Waals surface area contributed by atoms with Crippen LogP contribution in [0.15, 0.2) is 48.7 Å². The van der Waals surface area contributed by atoms with Gasteiger partial charge in [-0.3, -0.25) is 4.79 Å². The average Bonchev–Trinajstić information content (AvgIpc) is 3.22. The number of hydrogen-bond acceptors (Lipinski definition) is 5. The van der Waals surface area contributed by atoms with Crippen molar-refractivity contribution < 1.29 is 20.8 Å². The molecule has 0 bridgehead atoms. The Balaban J connectivity index is 0.00000228. The lowest BCUT2D eigenvalue weighted by Gasteiger charge is -2.20. The summed E-state index contributed by atoms with van der Waals surface area (Å²) in [4.78, 5) is 24.9. The van der Waals surface area contributed by atoms with Gasteiger partial charge in [-0.05, 0) is 36.8 Å². The van der Waals surface area contributed by atoms with Gasteiger partial charge in [-0.25, -0.2) is 9.97 Å². The fourth-order valence-electron chi connectivity index (χ4n) is 3.54. The molecule has 0 aliphatic rings. The smallest absolute Gasteiger partial charge is 0.360 e. The van der Waals surface area contributed by atoms with Gasteiger partial charge in [-0.15, -0.1) is 0 Å². The highest BCUT2D eigenvalue weighted by Gasteiger charge is 2.30. The third-order valence-corrected chi connectivity index (χ3v) is 5.36. The van der Waals surface area contributed by atoms with Gasteiger partial charge in [0.15, 0.2) is 5.82 Å². The molecule has 1 atom stereocenters. The molecule has 0 unspecified atom stereocenters. The summed E-state index contributed by atoms with van der Waals surface area (Å²) in [6, 6.07) is 13.2. The van der Waals surface area contributed by atoms with Crippen LogP contribution in [0.1, 0.15) is 15.7 Å². The number of nitriles is 1. The fourth-order valence-corrected chi connectivity index (χ4v) is 3.71. The van der Waals surface area contributed by atoms with E-state index in [4.69, 9.17) is 16.9 Å². The highest BCUT2D eigenvalue weighted by molar-refractivity contribution is 6.31. The third kappa shape index (κ3) is 5.21. The maximum absolute atomic E-state index is 12.6. The molecule has 3 N–H and O–H groups in total. The summed E-state index contributed by atoms with van der Waals surface area (Å²) in [5.41, 5.74) is 2.06. The van der Waals surface area contributed by atoms with Crippen LogP contribution in [0.3, 0.4) is 0 Å². The topological polar surface area (TPSA) is 106 Å². The lowest BCUT2D eigenvalue weighted by molar-refractivity contribution is -0.138. The second-order valence-electron chi connectivity index (χ2n) is 7.53. The molecule has 2 heterocycles. The summed E-state index contributed by atoms with van der Waals surface area (Å²) in [5.74, 6) is -0.276. The first-order chi connectivity index (χ1) is 16.2. The third-order valence-electron chi connectivity index (χ3n) is 5.12. The van der Waals surface area contributed by atoms with Crippen molar-refractivity contribution >= 4 is 45.1 Å². The summed E-state index contributed by atoms with van der Waals surface area (Å²) in [7, 11) is 0. The first-order valence-corrected chi connectivity index (χ1v) is 10.6. The van der Waals surface area contributed by atoms with Crippen molar-refractivity contribution in [3.05, 3.63) is 53.7 Å². The molecule has 7 nitrogen and oxygen atoms in total. The van der Waals surface area contributed by atoms with Crippen LogP contribution in [0.25, 0.3) is 33.2 Å². The van der Waals surface area contributed by atoms with Gasteiger partial charge in [0, 0.05) is 42.3 Å². The number of alkyl halides is 3. The monoisotopic (exact) mass is 490 g/mol. The Morgan fingerprint density at radius 2 is 2.00 bits per heavy atom. The zero-order chi connectivity index (χ0) is 24.3. The number of H-pyrrole nitrogens is 1. The molecular formula is C23H22ClF3N6O. The van der Waals surface area contributed by atoms with Crippen LogP contribution in [0.2, 0.25) is 5.02 Å². The van der Waals surface area contributed by atoms with Crippen LogP contribution in [0, 0.1) is 11.3 Å². The standard InChI is InChI=1S/C23H18ClF3N6O.2H2/c24-13-7-8-17-15(10-13)16(11-29-17)21-31-18-5-2-1-4-14(18)20(33-21)32-19(6-3-9-28)22(34)30-12-23(25,26)27;;/h1-2,4-5,7-8,10-11,19,29H,3,6,12H2,(H,30,34)(H,31,32,33);2*1H/t19-;;/m0../s1. The number of nitrogens with one attached hydrogen (secondary N) is 3. The molecule has 2 aromatic heterocycles. The maximum atomic E-state index is 12.6. The Kier molecular flexibility index (Phi) is 6.56. The van der Waals surface area contributed by atoms with Gasteiger partial charge >= 0.3 is 6.18 Å². The number of aromatic nitrogens is 3. The first kappa shape index (κ1) is 23.3. The Labute approximate surface area is 199 Å². The van der Waals surface area contributed by atoms with Gasteiger partial charge in [0.1, 0.15) is 18.4 Å². The van der Waals surface area contributed by atoms with Gasteiger partial charge in [-0.1, -0.05) is 23.7 Å². The number of carbonyl (C=O) groups excluding carboxylic acids is 1. The molecule has 178 valence electrons. The summed E-state index contributed by atoms with van der Waals surface area (Å²) >= 11 is 6.16. The average molecular weight is 491 g/mol. The van der Waals surface area contributed by atoms with Crippen molar-refractivity contribution in [2.24, 2.45) is 0 Å². The second-order valence-corrected chi connectivity index (χ2v) is 7.97. The summed E-state index contributed by atoms with van der Waals surface area (Å²) < 4.78 is 37.8. The molecule has 1 amide bonds. The van der Waals surface area contributed by atoms with Crippen LogP contribution in [0.4, 0.5) is 19.0 Å². The molecule has 4 aromatic rings. The van der Waals surface area contributed by atoms with Crippen LogP contribution >= 0.6 is 11.6 Å². The fraction of sp³-hybridized carbons (Fsp3) is 0.217. The van der Waals surface area contributed by atoms with E-state index in [0.29, 0.717) is 27.3 Å². The molecular weight excluding hydrogens is 469 g/mol. The lowest BCUT2D eigenvalue weighted by atomic mass is 10.1. The minimum atomic E-state index is -4.55. The number of anilines is 1. The van der Waals surface area contributed by atoms with Crippen LogP contribution in [-0.4, -0.2) is 39.6 Å². The highest BCUT2D eigenvalue weighted by atomic mass is 35.5. The molecule has 0 saturated heterocycles. The molecule has 0 fully saturated rings. The normalized spacial score (nSPS) is 12.4. The molecule has 0 aliphatic heterocycles. The number of benzene rings is 2. The van der Waals surface area contributed by atoms with E-state index in [9.17, 15) is 18.0 Å². The van der Waals surface area contributed by atoms with E-state index in [2.05, 4.69) is 20.3 Å². The number of rotatable bonds is 7. The minimum absolute atomic E-state index is 0. The Morgan fingerprint density at radius 3 is 2.76 bits per heavy atom. The Morgan fingerprint density at radius 1 is 1.21 bits per heavy atom. The van der Waals surface area contributed by atoms with E-state index in [1.807, 2.05) is 17.5 Å². The maximum Gasteiger partial charge on any atom is 0.405 e. The largest absolute Gasteiger partial charge is 0.405 e. The second kappa shape index (κ2) is 9.57. The molecule has 0 radical (unpaired) electrons. The zero-order valence-corrected chi connectivity index (χ0v) is 18.3. The number of carbonyl (C=O) groups is 1. The van der Waals surface area contributed by atoms with E-state index in [1.54, 1.807) is 42.6 Å². The number of amides is 1. The van der Waals surface area contributed by atoms with Gasteiger partial charge in [0.2, 0.25) is 5.91 Å². The highest BCUT2D eigenvalue weighted by Crippen LogP contribution is 2.31. The number of aromatic amines is 1. The van der Waals surface area contributed by atoms with Gasteiger partial charge < -0.3 is 15.6 Å². The van der Waals surface area contributed by atoms with E-state index in [1.165, 1.54) is 0 Å². The van der Waals surface area contributed by atoms with Crippen molar-refractivity contribution in [3.63, 3.8) is 0 Å². The molecule has 11 heteroatoms. The molecule has 2 aromatic carbocycles. The molecule has 0 spiro atoms. The number of fused-ring (bicyclic) bond motifs is 2. The van der Waals surface area contributed by atoms with Crippen molar-refractivity contribution in [3.8, 4) is 17.5 Å². The molecule has 0 aliphatic carbocycles. The quantitative estimate of drug-likeness (QED) is 0.308. The van der Waals surface area contributed by atoms with E-state index < -0.39 is 24.7 Å². The van der Waals surface area contributed by atoms with Crippen molar-refractivity contribution in [2.75, 3.05) is 11.9 Å². The Bertz CT molecular complexity index is 1410. The molecule has 4 rings (SSSR count). The number of nitrogens with zero attached hydrogens (tertiary/aromatic N) is 3. The summed E-state index contributed by atoms with van der Waals surface area (Å²) in [5, 5.41) is 15.7. The van der Waals surface area contributed by atoms with E-state index >= 15 is 0 Å². The van der Waals surface area contributed by atoms with Crippen molar-refractivity contribution in [1.82, 2.24) is 20.3 Å². The number of halogens is 4. The van der Waals surface area contributed by atoms with Crippen molar-refractivity contribution in [2.45, 2.75) is 25.1 Å². The SMILES string of the molecule is N#CCC[C@H](Nc1nc(-c2c[nH]c3ccc(Cl)cc23)nc2ccccc12)C(=O)NCC(F)(F)F.[HH].[HH]. The van der Waals surface area contributed by atoms with Gasteiger partial charge in [0.05, 0.1) is 11.6 Å². The molecule has 0 saturated carbocycles. The molecule has 34 heavy (non-hydrogen) atoms. The Hall–Kier alpha value is -3.84.